The lowest BCUT2D eigenvalue weighted by Gasteiger charge is -2.38. The molecule has 6 atom stereocenters. The van der Waals surface area contributed by atoms with Gasteiger partial charge in [-0.2, -0.15) is 0 Å². The summed E-state index contributed by atoms with van der Waals surface area (Å²) in [5.41, 5.74) is 14.6. The molecule has 7 aliphatic carbocycles. The lowest BCUT2D eigenvalue weighted by Crippen LogP contribution is -2.32. The highest BCUT2D eigenvalue weighted by Crippen LogP contribution is 2.47. The van der Waals surface area contributed by atoms with E-state index in [-0.39, 0.29) is 12.0 Å². The van der Waals surface area contributed by atoms with Gasteiger partial charge >= 0.3 is 0 Å². The lowest BCUT2D eigenvalue weighted by atomic mass is 9.68. The van der Waals surface area contributed by atoms with Gasteiger partial charge in [0.2, 0.25) is 0 Å². The number of allylic oxidation sites excluding steroid dienone is 19. The van der Waals surface area contributed by atoms with Crippen molar-refractivity contribution >= 4 is 28.8 Å². The first-order chi connectivity index (χ1) is 24.8. The van der Waals surface area contributed by atoms with Gasteiger partial charge in [0, 0.05) is 53.5 Å². The van der Waals surface area contributed by atoms with E-state index in [0.717, 1.165) is 50.1 Å². The largest absolute Gasteiger partial charge is 0.261 e. The predicted octanol–water partition coefficient (Wildman–Crippen LogP) is 10.5. The number of fused-ring (bicyclic) bond motifs is 6. The van der Waals surface area contributed by atoms with Gasteiger partial charge in [0.15, 0.2) is 0 Å². The second kappa shape index (κ2) is 12.3. The number of nitrogens with zero attached hydrogens (tertiary/aromatic N) is 3. The minimum Gasteiger partial charge on any atom is -0.261 e. The first-order valence-corrected chi connectivity index (χ1v) is 18.6. The predicted molar refractivity (Wildman–Crippen MR) is 208 cm³/mol. The second-order valence-corrected chi connectivity index (χ2v) is 14.7. The summed E-state index contributed by atoms with van der Waals surface area (Å²) in [4.78, 5) is 16.0. The van der Waals surface area contributed by atoms with Crippen LogP contribution in [0.25, 0.3) is 17.2 Å². The van der Waals surface area contributed by atoms with Crippen LogP contribution in [-0.2, 0) is 6.42 Å². The monoisotopic (exact) mass is 647 g/mol. The highest BCUT2D eigenvalue weighted by atomic mass is 15.0. The molecule has 6 unspecified atom stereocenters. The molecule has 1 aromatic carbocycles. The third-order valence-corrected chi connectivity index (χ3v) is 11.9. The summed E-state index contributed by atoms with van der Waals surface area (Å²) in [5, 5.41) is 0. The number of hydrogen-bond acceptors (Lipinski definition) is 3. The van der Waals surface area contributed by atoms with Gasteiger partial charge in [0.25, 0.3) is 0 Å². The van der Waals surface area contributed by atoms with E-state index in [4.69, 9.17) is 15.0 Å². The van der Waals surface area contributed by atoms with Crippen molar-refractivity contribution in [3.05, 3.63) is 178 Å². The Morgan fingerprint density at radius 1 is 0.740 bits per heavy atom. The van der Waals surface area contributed by atoms with Crippen LogP contribution in [0.3, 0.4) is 0 Å². The molecular weight excluding hydrogens is 607 g/mol. The van der Waals surface area contributed by atoms with Crippen LogP contribution in [0.4, 0.5) is 0 Å². The Kier molecular flexibility index (Phi) is 7.33. The number of pyridine rings is 1. The van der Waals surface area contributed by atoms with Crippen LogP contribution in [0, 0.1) is 23.7 Å². The van der Waals surface area contributed by atoms with E-state index in [9.17, 15) is 0 Å². The molecule has 1 aromatic heterocycles. The van der Waals surface area contributed by atoms with Gasteiger partial charge < -0.3 is 0 Å². The van der Waals surface area contributed by atoms with E-state index >= 15 is 0 Å². The van der Waals surface area contributed by atoms with Gasteiger partial charge in [-0.3, -0.25) is 9.98 Å². The Hall–Kier alpha value is -5.15. The number of aromatic nitrogens is 1. The highest BCUT2D eigenvalue weighted by molar-refractivity contribution is 6.12. The van der Waals surface area contributed by atoms with Crippen molar-refractivity contribution < 1.29 is 0 Å². The van der Waals surface area contributed by atoms with Gasteiger partial charge in [0.1, 0.15) is 5.84 Å². The number of aliphatic imine (C=N–C) groups is 2. The fraction of sp³-hybridized carbons (Fsp3) is 0.255. The molecule has 0 saturated heterocycles. The molecule has 0 fully saturated rings. The smallest absolute Gasteiger partial charge is 0.131 e. The maximum Gasteiger partial charge on any atom is 0.131 e. The zero-order chi connectivity index (χ0) is 33.0. The van der Waals surface area contributed by atoms with Crippen molar-refractivity contribution in [1.29, 1.82) is 0 Å². The van der Waals surface area contributed by atoms with Crippen LogP contribution in [0.15, 0.2) is 160 Å². The Balaban J connectivity index is 1.06. The molecule has 2 aromatic rings. The van der Waals surface area contributed by atoms with Crippen molar-refractivity contribution in [2.75, 3.05) is 0 Å². The van der Waals surface area contributed by atoms with Gasteiger partial charge in [-0.05, 0) is 82.7 Å². The SMILES string of the molecule is C1=CC2C=C(C3CC(C4=CC5=C(C=CCC5)C5C=CC=CC45)=NC(C4C=CC(c5nccc6c5C=CCC6)=CC4)=N3)c3ccccc3C2C=C1. The van der Waals surface area contributed by atoms with Gasteiger partial charge in [-0.25, -0.2) is 4.99 Å². The molecule has 50 heavy (non-hydrogen) atoms. The number of benzene rings is 1. The summed E-state index contributed by atoms with van der Waals surface area (Å²) in [6.45, 7) is 0. The van der Waals surface area contributed by atoms with Crippen molar-refractivity contribution in [2.45, 2.75) is 50.5 Å². The summed E-state index contributed by atoms with van der Waals surface area (Å²) >= 11 is 0. The first kappa shape index (κ1) is 29.7. The normalized spacial score (nSPS) is 29.9. The average molecular weight is 648 g/mol. The third-order valence-electron chi connectivity index (χ3n) is 11.9. The number of hydrogen-bond donors (Lipinski definition) is 0. The molecule has 3 nitrogen and oxygen atoms in total. The molecule has 8 aliphatic rings. The molecule has 1 aliphatic heterocycles. The molecule has 0 N–H and O–H groups in total. The molecule has 244 valence electrons. The minimum absolute atomic E-state index is 0.00900. The van der Waals surface area contributed by atoms with E-state index in [2.05, 4.69) is 134 Å². The summed E-state index contributed by atoms with van der Waals surface area (Å²) < 4.78 is 0. The van der Waals surface area contributed by atoms with Crippen molar-refractivity contribution in [2.24, 2.45) is 33.7 Å². The summed E-state index contributed by atoms with van der Waals surface area (Å²) in [7, 11) is 0. The maximum absolute atomic E-state index is 5.59. The molecule has 3 heteroatoms. The molecular formula is C47H41N3. The fourth-order valence-electron chi connectivity index (χ4n) is 9.39. The van der Waals surface area contributed by atoms with Gasteiger partial charge in [-0.15, -0.1) is 0 Å². The number of amidine groups is 1. The zero-order valence-electron chi connectivity index (χ0n) is 28.3. The Labute approximate surface area is 295 Å². The number of aryl methyl sites for hydroxylation is 1. The average Bonchev–Trinajstić information content (AvgIpc) is 3.20. The van der Waals surface area contributed by atoms with Crippen LogP contribution >= 0.6 is 0 Å². The molecule has 0 amide bonds. The Bertz CT molecular complexity index is 2200. The molecule has 10 rings (SSSR count). The summed E-state index contributed by atoms with van der Waals surface area (Å²) in [6, 6.07) is 11.2. The first-order valence-electron chi connectivity index (χ1n) is 18.6. The fourth-order valence-corrected chi connectivity index (χ4v) is 9.39. The van der Waals surface area contributed by atoms with E-state index in [1.807, 2.05) is 6.20 Å². The van der Waals surface area contributed by atoms with Gasteiger partial charge in [0.05, 0.1) is 11.7 Å². The second-order valence-electron chi connectivity index (χ2n) is 14.7. The van der Waals surface area contributed by atoms with Crippen LogP contribution < -0.4 is 0 Å². The van der Waals surface area contributed by atoms with E-state index < -0.39 is 0 Å². The highest BCUT2D eigenvalue weighted by Gasteiger charge is 2.38. The van der Waals surface area contributed by atoms with Crippen LogP contribution in [0.5, 0.6) is 0 Å². The zero-order valence-corrected chi connectivity index (χ0v) is 28.3. The van der Waals surface area contributed by atoms with E-state index in [1.54, 1.807) is 0 Å². The standard InChI is InChI=1S/C47H41N3/c1-6-16-37-30(11-1)25-26-48-46(37)31-21-23-32(24-22-31)47-49-44(42-27-33-12-2-4-14-35(33)38-17-7-9-19-40(38)42)29-45(50-47)43-28-34-13-3-5-15-36(34)39-18-8-10-20-41(39)43/h2,4-10,12,14-23,25-28,32-33,35,39,41,44H,1,3,11,13,24,29H2. The van der Waals surface area contributed by atoms with Crippen LogP contribution in [0.2, 0.25) is 0 Å². The quantitative estimate of drug-likeness (QED) is 0.325. The van der Waals surface area contributed by atoms with E-state index in [1.165, 1.54) is 55.8 Å². The van der Waals surface area contributed by atoms with E-state index in [0.29, 0.717) is 23.7 Å². The topological polar surface area (TPSA) is 37.6 Å². The third kappa shape index (κ3) is 5.05. The van der Waals surface area contributed by atoms with Crippen LogP contribution in [-0.4, -0.2) is 22.6 Å². The Morgan fingerprint density at radius 3 is 2.50 bits per heavy atom. The summed E-state index contributed by atoms with van der Waals surface area (Å²) in [5.74, 6) is 2.45. The number of rotatable bonds is 4. The minimum atomic E-state index is 0.00900. The Morgan fingerprint density at radius 2 is 1.58 bits per heavy atom. The maximum atomic E-state index is 5.59. The lowest BCUT2D eigenvalue weighted by molar-refractivity contribution is 0.601. The molecule has 0 bridgehead atoms. The molecule has 0 radical (unpaired) electrons. The van der Waals surface area contributed by atoms with Crippen LogP contribution in [0.1, 0.15) is 66.0 Å². The van der Waals surface area contributed by atoms with Crippen molar-refractivity contribution in [1.82, 2.24) is 4.98 Å². The van der Waals surface area contributed by atoms with Gasteiger partial charge in [-0.1, -0.05) is 128 Å². The van der Waals surface area contributed by atoms with Crippen molar-refractivity contribution in [3.63, 3.8) is 0 Å². The van der Waals surface area contributed by atoms with Crippen molar-refractivity contribution in [3.8, 4) is 0 Å². The molecule has 2 heterocycles. The molecule has 0 spiro atoms. The summed E-state index contributed by atoms with van der Waals surface area (Å²) in [6.07, 6.45) is 47.7. The molecule has 0 saturated carbocycles.